The van der Waals surface area contributed by atoms with Crippen LogP contribution in [0.1, 0.15) is 33.5 Å². The molecule has 9 nitrogen and oxygen atoms in total. The first kappa shape index (κ1) is 27.9. The molecular weight excluding hydrogens is 564 g/mol. The van der Waals surface area contributed by atoms with Gasteiger partial charge in [-0.1, -0.05) is 42.0 Å². The lowest BCUT2D eigenvalue weighted by Gasteiger charge is -2.28. The highest BCUT2D eigenvalue weighted by Crippen LogP contribution is 2.34. The number of fused-ring (bicyclic) bond motifs is 1. The van der Waals surface area contributed by atoms with Crippen molar-refractivity contribution in [1.82, 2.24) is 9.88 Å². The summed E-state index contributed by atoms with van der Waals surface area (Å²) in [5, 5.41) is 12.2. The second kappa shape index (κ2) is 11.2. The minimum atomic E-state index is -1.08. The van der Waals surface area contributed by atoms with Crippen LogP contribution in [0.2, 0.25) is 0 Å². The smallest absolute Gasteiger partial charge is 0.270 e. The number of imide groups is 1. The number of nitro benzene ring substituents is 1. The van der Waals surface area contributed by atoms with Gasteiger partial charge in [0.1, 0.15) is 11.0 Å². The number of carbonyl (C=O) groups excluding carboxylic acids is 3. The van der Waals surface area contributed by atoms with E-state index in [1.54, 1.807) is 23.5 Å². The van der Waals surface area contributed by atoms with Gasteiger partial charge in [0.15, 0.2) is 0 Å². The summed E-state index contributed by atoms with van der Waals surface area (Å²) in [5.41, 5.74) is 4.94. The lowest BCUT2D eigenvalue weighted by atomic mass is 10.1. The number of nitrogens with zero attached hydrogens (tertiary/aromatic N) is 4. The van der Waals surface area contributed by atoms with Gasteiger partial charge in [0.2, 0.25) is 5.91 Å². The third kappa shape index (κ3) is 5.52. The van der Waals surface area contributed by atoms with Crippen LogP contribution in [-0.4, -0.2) is 38.6 Å². The van der Waals surface area contributed by atoms with Crippen molar-refractivity contribution in [2.24, 2.45) is 0 Å². The molecule has 1 unspecified atom stereocenters. The number of thiazole rings is 1. The molecule has 43 heavy (non-hydrogen) atoms. The van der Waals surface area contributed by atoms with E-state index in [9.17, 15) is 24.5 Å². The third-order valence-electron chi connectivity index (χ3n) is 7.45. The van der Waals surface area contributed by atoms with Crippen molar-refractivity contribution in [3.63, 3.8) is 0 Å². The first-order valence-corrected chi connectivity index (χ1v) is 14.4. The van der Waals surface area contributed by atoms with Crippen LogP contribution in [0.3, 0.4) is 0 Å². The Morgan fingerprint density at radius 2 is 1.70 bits per heavy atom. The molecule has 0 radical (unpaired) electrons. The molecule has 0 spiro atoms. The van der Waals surface area contributed by atoms with Gasteiger partial charge in [-0.3, -0.25) is 24.5 Å². The van der Waals surface area contributed by atoms with E-state index >= 15 is 0 Å². The molecule has 0 saturated carbocycles. The monoisotopic (exact) mass is 590 g/mol. The molecule has 10 heteroatoms. The lowest BCUT2D eigenvalue weighted by molar-refractivity contribution is -0.384. The van der Waals surface area contributed by atoms with Gasteiger partial charge in [-0.25, -0.2) is 9.88 Å². The summed E-state index contributed by atoms with van der Waals surface area (Å²) < 4.78 is 1.08. The molecule has 1 aliphatic heterocycles. The van der Waals surface area contributed by atoms with Gasteiger partial charge in [0, 0.05) is 29.8 Å². The molecule has 1 aromatic heterocycles. The minimum absolute atomic E-state index is 0.0509. The number of carbonyl (C=O) groups is 3. The van der Waals surface area contributed by atoms with Gasteiger partial charge in [-0.15, -0.1) is 11.3 Å². The van der Waals surface area contributed by atoms with Gasteiger partial charge in [-0.2, -0.15) is 0 Å². The zero-order valence-electron chi connectivity index (χ0n) is 23.4. The zero-order valence-corrected chi connectivity index (χ0v) is 24.2. The second-order valence-corrected chi connectivity index (χ2v) is 11.6. The van der Waals surface area contributed by atoms with Crippen molar-refractivity contribution in [2.45, 2.75) is 32.9 Å². The number of anilines is 1. The van der Waals surface area contributed by atoms with Crippen LogP contribution < -0.4 is 4.90 Å². The van der Waals surface area contributed by atoms with Gasteiger partial charge >= 0.3 is 0 Å². The van der Waals surface area contributed by atoms with Crippen molar-refractivity contribution < 1.29 is 19.3 Å². The maximum Gasteiger partial charge on any atom is 0.270 e. The Morgan fingerprint density at radius 1 is 0.977 bits per heavy atom. The van der Waals surface area contributed by atoms with Crippen LogP contribution in [-0.2, 0) is 16.1 Å². The fraction of sp³-hybridized carbons (Fsp3) is 0.152. The predicted octanol–water partition coefficient (Wildman–Crippen LogP) is 6.46. The normalized spacial score (nSPS) is 14.8. The molecule has 3 amide bonds. The molecule has 0 N–H and O–H groups in total. The van der Waals surface area contributed by atoms with Crippen molar-refractivity contribution in [3.8, 4) is 10.6 Å². The number of aromatic nitrogens is 1. The lowest BCUT2D eigenvalue weighted by Crippen LogP contribution is -2.45. The SMILES string of the molecule is Cc1ccc(CN(C(=O)c2cccc([N+](=O)[O-])c2)C2CC(=O)N(c3ccc(-c4nc5ccc(C)cc5s4)cc3)C2=O)cc1. The molecule has 6 rings (SSSR count). The topological polar surface area (TPSA) is 114 Å². The maximum atomic E-state index is 13.8. The van der Waals surface area contributed by atoms with Crippen molar-refractivity contribution in [3.05, 3.63) is 123 Å². The molecule has 1 fully saturated rings. The van der Waals surface area contributed by atoms with Crippen LogP contribution in [0.4, 0.5) is 11.4 Å². The first-order chi connectivity index (χ1) is 20.7. The highest BCUT2D eigenvalue weighted by Gasteiger charge is 2.44. The van der Waals surface area contributed by atoms with Gasteiger partial charge in [-0.05, 0) is 67.4 Å². The van der Waals surface area contributed by atoms with Crippen molar-refractivity contribution >= 4 is 50.6 Å². The van der Waals surface area contributed by atoms with Crippen LogP contribution in [0.25, 0.3) is 20.8 Å². The fourth-order valence-electron chi connectivity index (χ4n) is 5.17. The zero-order chi connectivity index (χ0) is 30.2. The Kier molecular flexibility index (Phi) is 7.29. The largest absolute Gasteiger partial charge is 0.322 e. The van der Waals surface area contributed by atoms with Crippen LogP contribution in [0, 0.1) is 24.0 Å². The van der Waals surface area contributed by atoms with E-state index in [1.165, 1.54) is 29.2 Å². The number of hydrogen-bond donors (Lipinski definition) is 0. The second-order valence-electron chi connectivity index (χ2n) is 10.6. The minimum Gasteiger partial charge on any atom is -0.322 e. The van der Waals surface area contributed by atoms with E-state index in [1.807, 2.05) is 62.4 Å². The van der Waals surface area contributed by atoms with Gasteiger partial charge < -0.3 is 4.90 Å². The van der Waals surface area contributed by atoms with Gasteiger partial charge in [0.25, 0.3) is 17.5 Å². The summed E-state index contributed by atoms with van der Waals surface area (Å²) in [6.45, 7) is 4.02. The summed E-state index contributed by atoms with van der Waals surface area (Å²) in [7, 11) is 0. The average molecular weight is 591 g/mol. The summed E-state index contributed by atoms with van der Waals surface area (Å²) in [5.74, 6) is -1.53. The Labute approximate surface area is 251 Å². The molecule has 1 atom stereocenters. The number of nitro groups is 1. The quantitative estimate of drug-likeness (QED) is 0.122. The van der Waals surface area contributed by atoms with E-state index in [4.69, 9.17) is 4.98 Å². The van der Waals surface area contributed by atoms with Crippen molar-refractivity contribution in [1.29, 1.82) is 0 Å². The molecule has 4 aromatic carbocycles. The van der Waals surface area contributed by atoms with Crippen molar-refractivity contribution in [2.75, 3.05) is 4.90 Å². The summed E-state index contributed by atoms with van der Waals surface area (Å²) in [6.07, 6.45) is -0.204. The summed E-state index contributed by atoms with van der Waals surface area (Å²) >= 11 is 1.57. The van der Waals surface area contributed by atoms with Crippen LogP contribution in [0.5, 0.6) is 0 Å². The average Bonchev–Trinajstić information content (AvgIpc) is 3.56. The molecule has 5 aromatic rings. The van der Waals surface area contributed by atoms with E-state index in [0.29, 0.717) is 5.69 Å². The van der Waals surface area contributed by atoms with Gasteiger partial charge in [0.05, 0.1) is 27.2 Å². The Balaban J connectivity index is 1.30. The standard InChI is InChI=1S/C33H26N4O5S/c1-20-6-9-22(10-7-20)19-35(32(39)24-4-3-5-26(17-24)37(41)42)28-18-30(38)36(33(28)40)25-13-11-23(12-14-25)31-34-27-15-8-21(2)16-29(27)43-31/h3-17,28H,18-19H2,1-2H3. The molecule has 1 saturated heterocycles. The summed E-state index contributed by atoms with van der Waals surface area (Å²) in [6, 6.07) is 25.0. The van der Waals surface area contributed by atoms with E-state index < -0.39 is 28.7 Å². The highest BCUT2D eigenvalue weighted by atomic mass is 32.1. The maximum absolute atomic E-state index is 13.8. The number of aryl methyl sites for hydroxylation is 2. The van der Waals surface area contributed by atoms with Crippen LogP contribution >= 0.6 is 11.3 Å². The summed E-state index contributed by atoms with van der Waals surface area (Å²) in [4.78, 5) is 58.8. The predicted molar refractivity (Wildman–Crippen MR) is 165 cm³/mol. The molecular formula is C33H26N4O5S. The van der Waals surface area contributed by atoms with E-state index in [2.05, 4.69) is 6.07 Å². The molecule has 1 aliphatic rings. The Bertz CT molecular complexity index is 1900. The fourth-order valence-corrected chi connectivity index (χ4v) is 6.24. The molecule has 2 heterocycles. The molecule has 214 valence electrons. The van der Waals surface area contributed by atoms with E-state index in [-0.39, 0.29) is 24.2 Å². The highest BCUT2D eigenvalue weighted by molar-refractivity contribution is 7.21. The Hall–Kier alpha value is -5.22. The van der Waals surface area contributed by atoms with E-state index in [0.717, 1.165) is 42.4 Å². The van der Waals surface area contributed by atoms with Crippen LogP contribution in [0.15, 0.2) is 91.0 Å². The number of rotatable bonds is 7. The third-order valence-corrected chi connectivity index (χ3v) is 8.52. The number of non-ortho nitro benzene ring substituents is 1. The molecule has 0 bridgehead atoms. The first-order valence-electron chi connectivity index (χ1n) is 13.6. The number of benzene rings is 4. The number of amides is 3. The Morgan fingerprint density at radius 3 is 2.42 bits per heavy atom. The molecule has 0 aliphatic carbocycles. The number of hydrogen-bond acceptors (Lipinski definition) is 7.